The van der Waals surface area contributed by atoms with E-state index in [1.54, 1.807) is 24.3 Å². The van der Waals surface area contributed by atoms with Gasteiger partial charge in [0.2, 0.25) is 0 Å². The zero-order valence-corrected chi connectivity index (χ0v) is 18.0. The van der Waals surface area contributed by atoms with Crippen molar-refractivity contribution < 1.29 is 19.5 Å². The predicted octanol–water partition coefficient (Wildman–Crippen LogP) is 2.61. The van der Waals surface area contributed by atoms with Gasteiger partial charge in [0, 0.05) is 26.2 Å². The van der Waals surface area contributed by atoms with Crippen LogP contribution < -0.4 is 10.7 Å². The summed E-state index contributed by atoms with van der Waals surface area (Å²) in [6.07, 6.45) is 0. The molecular weight excluding hydrogens is 432 g/mol. The van der Waals surface area contributed by atoms with Crippen LogP contribution in [0.4, 0.5) is 10.5 Å². The third-order valence-corrected chi connectivity index (χ3v) is 6.97. The smallest absolute Gasteiger partial charge is 0.345 e. The first kappa shape index (κ1) is 20.5. The van der Waals surface area contributed by atoms with Crippen LogP contribution in [-0.2, 0) is 0 Å². The number of likely N-dealkylation sites (N-methyl/N-ethyl adjacent to an activating group) is 1. The largest absolute Gasteiger partial charge is 0.477 e. The van der Waals surface area contributed by atoms with Gasteiger partial charge >= 0.3 is 12.0 Å². The molecule has 1 saturated heterocycles. The Bertz CT molecular complexity index is 1210. The van der Waals surface area contributed by atoms with Crippen molar-refractivity contribution in [1.29, 1.82) is 0 Å². The second-order valence-corrected chi connectivity index (χ2v) is 8.91. The van der Waals surface area contributed by atoms with E-state index in [0.29, 0.717) is 46.1 Å². The van der Waals surface area contributed by atoms with Crippen LogP contribution in [0.25, 0.3) is 5.70 Å². The number of fused-ring (bicyclic) bond motifs is 3. The highest BCUT2D eigenvalue weighted by Crippen LogP contribution is 2.50. The molecule has 11 heteroatoms. The number of anilines is 1. The van der Waals surface area contributed by atoms with Gasteiger partial charge in [-0.05, 0) is 30.8 Å². The number of hydrazine groups is 1. The number of Topliss-reactive ketones (excluding diaryl/α,β-unsaturated/α-hetero) is 1. The summed E-state index contributed by atoms with van der Waals surface area (Å²) in [4.78, 5) is 40.2. The van der Waals surface area contributed by atoms with Crippen molar-refractivity contribution in [3.8, 4) is 0 Å². The van der Waals surface area contributed by atoms with Gasteiger partial charge in [-0.2, -0.15) is 10.2 Å². The summed E-state index contributed by atoms with van der Waals surface area (Å²) in [5, 5.41) is 21.0. The molecule has 3 heterocycles. The van der Waals surface area contributed by atoms with Crippen LogP contribution in [0, 0.1) is 0 Å². The predicted molar refractivity (Wildman–Crippen MR) is 118 cm³/mol. The standard InChI is InChI=1S/C21H20N6O4S/c1-25-7-9-26(10-8-25)27(21(22)31)12-4-2-3-11-15(12)19(28)16-17(11)23-24-18(16)13-5-6-14(32-13)20(29)30/h2-6,17H,7-10H2,1H3,(H2,22,31)(H,29,30). The first-order chi connectivity index (χ1) is 15.4. The molecule has 1 aromatic heterocycles. The molecule has 0 radical (unpaired) electrons. The molecule has 164 valence electrons. The molecule has 1 atom stereocenters. The van der Waals surface area contributed by atoms with Crippen molar-refractivity contribution >= 4 is 40.5 Å². The number of ketones is 1. The normalized spacial score (nSPS) is 20.5. The van der Waals surface area contributed by atoms with Gasteiger partial charge in [0.15, 0.2) is 5.78 Å². The van der Waals surface area contributed by atoms with E-state index < -0.39 is 18.0 Å². The van der Waals surface area contributed by atoms with E-state index in [0.717, 1.165) is 24.4 Å². The number of aromatic carboxylic acids is 1. The number of primary amides is 1. The maximum atomic E-state index is 13.6. The van der Waals surface area contributed by atoms with Gasteiger partial charge in [-0.15, -0.1) is 11.3 Å². The molecule has 0 saturated carbocycles. The van der Waals surface area contributed by atoms with Crippen LogP contribution in [-0.4, -0.2) is 66.0 Å². The van der Waals surface area contributed by atoms with Crippen LogP contribution >= 0.6 is 11.3 Å². The number of benzene rings is 1. The van der Waals surface area contributed by atoms with Crippen molar-refractivity contribution in [3.05, 3.63) is 56.8 Å². The molecule has 1 aromatic carbocycles. The van der Waals surface area contributed by atoms with Crippen molar-refractivity contribution in [2.45, 2.75) is 6.04 Å². The molecule has 3 N–H and O–H groups in total. The van der Waals surface area contributed by atoms with Crippen LogP contribution in [0.15, 0.2) is 46.1 Å². The number of thiophene rings is 1. The highest BCUT2D eigenvalue weighted by atomic mass is 32.1. The minimum Gasteiger partial charge on any atom is -0.477 e. The number of hydrogen-bond acceptors (Lipinski definition) is 8. The Balaban J connectivity index is 1.58. The fraction of sp³-hybridized carbons (Fsp3) is 0.286. The van der Waals surface area contributed by atoms with Gasteiger partial charge in [0.25, 0.3) is 0 Å². The molecule has 2 amide bonds. The van der Waals surface area contributed by atoms with Gasteiger partial charge in [-0.25, -0.2) is 19.6 Å². The highest BCUT2D eigenvalue weighted by molar-refractivity contribution is 7.15. The number of hydrogen-bond donors (Lipinski definition) is 2. The van der Waals surface area contributed by atoms with Gasteiger partial charge in [-0.1, -0.05) is 12.1 Å². The Kier molecular flexibility index (Phi) is 4.88. The van der Waals surface area contributed by atoms with Gasteiger partial charge < -0.3 is 15.7 Å². The average Bonchev–Trinajstić information content (AvgIpc) is 3.47. The lowest BCUT2D eigenvalue weighted by Crippen LogP contribution is -2.56. The molecule has 2 aromatic rings. The number of piperazine rings is 1. The summed E-state index contributed by atoms with van der Waals surface area (Å²) in [6, 6.07) is 7.17. The molecule has 3 aliphatic rings. The van der Waals surface area contributed by atoms with E-state index in [-0.39, 0.29) is 10.7 Å². The molecule has 1 unspecified atom stereocenters. The van der Waals surface area contributed by atoms with Crippen molar-refractivity contribution in [3.63, 3.8) is 0 Å². The number of carbonyl (C=O) groups excluding carboxylic acids is 2. The maximum Gasteiger partial charge on any atom is 0.345 e. The zero-order chi connectivity index (χ0) is 22.6. The van der Waals surface area contributed by atoms with E-state index in [1.165, 1.54) is 11.1 Å². The SMILES string of the molecule is CN1CCN(N(C(N)=O)c2cccc3c2C(=O)C2=C(c4ccc(C(=O)O)s4)N=NC23)CC1. The lowest BCUT2D eigenvalue weighted by molar-refractivity contribution is 0.0702. The summed E-state index contributed by atoms with van der Waals surface area (Å²) >= 11 is 1.05. The number of azo groups is 1. The Hall–Kier alpha value is -3.41. The van der Waals surface area contributed by atoms with E-state index in [9.17, 15) is 19.5 Å². The maximum absolute atomic E-state index is 13.6. The molecular formula is C21H20N6O4S. The summed E-state index contributed by atoms with van der Waals surface area (Å²) < 4.78 is 0. The van der Waals surface area contributed by atoms with E-state index in [4.69, 9.17) is 5.73 Å². The number of carboxylic acid groups (broad SMARTS) is 1. The second-order valence-electron chi connectivity index (χ2n) is 7.83. The summed E-state index contributed by atoms with van der Waals surface area (Å²) in [5.74, 6) is -1.31. The molecule has 0 bridgehead atoms. The van der Waals surface area contributed by atoms with Crippen molar-refractivity contribution in [2.24, 2.45) is 16.0 Å². The van der Waals surface area contributed by atoms with Crippen LogP contribution in [0.5, 0.6) is 0 Å². The van der Waals surface area contributed by atoms with E-state index in [1.807, 2.05) is 12.1 Å². The molecule has 1 fully saturated rings. The second kappa shape index (κ2) is 7.62. The van der Waals surface area contributed by atoms with Gasteiger partial charge in [0.05, 0.1) is 21.7 Å². The molecule has 1 aliphatic carbocycles. The number of carboxylic acids is 1. The summed E-state index contributed by atoms with van der Waals surface area (Å²) in [5.41, 5.74) is 8.01. The molecule has 0 spiro atoms. The average molecular weight is 452 g/mol. The first-order valence-corrected chi connectivity index (χ1v) is 10.9. The highest BCUT2D eigenvalue weighted by Gasteiger charge is 2.44. The number of nitrogens with zero attached hydrogens (tertiary/aromatic N) is 5. The summed E-state index contributed by atoms with van der Waals surface area (Å²) in [7, 11) is 2.01. The molecule has 2 aliphatic heterocycles. The van der Waals surface area contributed by atoms with Crippen LogP contribution in [0.3, 0.4) is 0 Å². The lowest BCUT2D eigenvalue weighted by Gasteiger charge is -2.39. The van der Waals surface area contributed by atoms with E-state index >= 15 is 0 Å². The number of nitrogens with two attached hydrogens (primary N) is 1. The number of rotatable bonds is 4. The Labute approximate surface area is 187 Å². The molecule has 10 nitrogen and oxygen atoms in total. The van der Waals surface area contributed by atoms with Gasteiger partial charge in [-0.3, -0.25) is 4.79 Å². The van der Waals surface area contributed by atoms with E-state index in [2.05, 4.69) is 15.1 Å². The minimum atomic E-state index is -1.04. The monoisotopic (exact) mass is 452 g/mol. The quantitative estimate of drug-likeness (QED) is 0.733. The fourth-order valence-electron chi connectivity index (χ4n) is 4.32. The first-order valence-electron chi connectivity index (χ1n) is 10.1. The van der Waals surface area contributed by atoms with Crippen molar-refractivity contribution in [1.82, 2.24) is 9.91 Å². The topological polar surface area (TPSA) is 132 Å². The van der Waals surface area contributed by atoms with Crippen molar-refractivity contribution in [2.75, 3.05) is 38.2 Å². The van der Waals surface area contributed by atoms with Crippen LogP contribution in [0.2, 0.25) is 0 Å². The minimum absolute atomic E-state index is 0.158. The molecule has 32 heavy (non-hydrogen) atoms. The number of amides is 2. The van der Waals surface area contributed by atoms with Gasteiger partial charge in [0.1, 0.15) is 16.6 Å². The van der Waals surface area contributed by atoms with Crippen LogP contribution in [0.1, 0.15) is 36.5 Å². The number of carbonyl (C=O) groups is 3. The molecule has 5 rings (SSSR count). The zero-order valence-electron chi connectivity index (χ0n) is 17.2. The summed E-state index contributed by atoms with van der Waals surface area (Å²) in [6.45, 7) is 2.73. The number of urea groups is 1. The lowest BCUT2D eigenvalue weighted by atomic mass is 10.1. The third-order valence-electron chi connectivity index (χ3n) is 5.89. The Morgan fingerprint density at radius 1 is 1.19 bits per heavy atom. The Morgan fingerprint density at radius 2 is 1.94 bits per heavy atom. The fourth-order valence-corrected chi connectivity index (χ4v) is 5.16. The Morgan fingerprint density at radius 3 is 2.59 bits per heavy atom. The third kappa shape index (κ3) is 3.13.